The highest BCUT2D eigenvalue weighted by molar-refractivity contribution is 7.11. The van der Waals surface area contributed by atoms with Crippen molar-refractivity contribution in [2.24, 2.45) is 0 Å². The van der Waals surface area contributed by atoms with Crippen LogP contribution >= 0.6 is 11.3 Å². The van der Waals surface area contributed by atoms with Crippen molar-refractivity contribution in [2.45, 2.75) is 19.9 Å². The molecular formula is C14H14N2S. The second kappa shape index (κ2) is 5.51. The second-order valence-corrected chi connectivity index (χ2v) is 4.85. The van der Waals surface area contributed by atoms with E-state index in [4.69, 9.17) is 6.42 Å². The van der Waals surface area contributed by atoms with Gasteiger partial charge in [-0.15, -0.1) is 17.8 Å². The molecule has 0 fully saturated rings. The van der Waals surface area contributed by atoms with Crippen molar-refractivity contribution in [1.82, 2.24) is 4.98 Å². The lowest BCUT2D eigenvalue weighted by atomic mass is 10.2. The third-order valence-corrected chi connectivity index (χ3v) is 3.54. The summed E-state index contributed by atoms with van der Waals surface area (Å²) in [4.78, 5) is 5.57. The highest BCUT2D eigenvalue weighted by Crippen LogP contribution is 2.16. The summed E-state index contributed by atoms with van der Waals surface area (Å²) in [6, 6.07) is 7.87. The van der Waals surface area contributed by atoms with Gasteiger partial charge in [0.2, 0.25) is 0 Å². The van der Waals surface area contributed by atoms with Crippen LogP contribution in [0.5, 0.6) is 0 Å². The zero-order chi connectivity index (χ0) is 12.1. The third-order valence-electron chi connectivity index (χ3n) is 2.40. The topological polar surface area (TPSA) is 24.9 Å². The Kier molecular flexibility index (Phi) is 3.79. The van der Waals surface area contributed by atoms with E-state index in [2.05, 4.69) is 23.1 Å². The van der Waals surface area contributed by atoms with Crippen LogP contribution in [-0.2, 0) is 13.0 Å². The summed E-state index contributed by atoms with van der Waals surface area (Å²) in [5, 5.41) is 4.53. The molecule has 0 spiro atoms. The number of rotatable bonds is 4. The van der Waals surface area contributed by atoms with Gasteiger partial charge in [0.15, 0.2) is 0 Å². The van der Waals surface area contributed by atoms with Crippen molar-refractivity contribution in [1.29, 1.82) is 0 Å². The fourth-order valence-corrected chi connectivity index (χ4v) is 2.30. The van der Waals surface area contributed by atoms with Crippen LogP contribution in [0.2, 0.25) is 0 Å². The first-order chi connectivity index (χ1) is 8.31. The summed E-state index contributed by atoms with van der Waals surface area (Å²) in [5.74, 6) is 2.63. The maximum absolute atomic E-state index is 5.36. The van der Waals surface area contributed by atoms with Gasteiger partial charge in [0, 0.05) is 22.3 Å². The zero-order valence-corrected chi connectivity index (χ0v) is 10.6. The molecule has 0 aliphatic heterocycles. The summed E-state index contributed by atoms with van der Waals surface area (Å²) in [7, 11) is 0. The lowest BCUT2D eigenvalue weighted by molar-refractivity contribution is 1.09. The number of benzene rings is 1. The Labute approximate surface area is 106 Å². The molecule has 2 rings (SSSR count). The van der Waals surface area contributed by atoms with E-state index in [-0.39, 0.29) is 0 Å². The number of aryl methyl sites for hydroxylation is 1. The molecule has 2 aromatic rings. The van der Waals surface area contributed by atoms with E-state index in [1.54, 1.807) is 11.3 Å². The molecule has 0 atom stereocenters. The Bertz CT molecular complexity index is 537. The average Bonchev–Trinajstić information content (AvgIpc) is 2.84. The van der Waals surface area contributed by atoms with Crippen molar-refractivity contribution in [3.63, 3.8) is 0 Å². The van der Waals surface area contributed by atoms with Crippen LogP contribution in [0, 0.1) is 12.3 Å². The van der Waals surface area contributed by atoms with Gasteiger partial charge in [0.1, 0.15) is 0 Å². The number of hydrogen-bond acceptors (Lipinski definition) is 3. The van der Waals surface area contributed by atoms with Crippen molar-refractivity contribution >= 4 is 17.0 Å². The van der Waals surface area contributed by atoms with Crippen LogP contribution in [0.25, 0.3) is 0 Å². The first-order valence-electron chi connectivity index (χ1n) is 5.56. The minimum atomic E-state index is 0.797. The molecule has 0 saturated carbocycles. The molecule has 0 radical (unpaired) electrons. The number of thiazole rings is 1. The molecule has 86 valence electrons. The molecule has 0 saturated heterocycles. The molecule has 0 bridgehead atoms. The Morgan fingerprint density at radius 2 is 2.35 bits per heavy atom. The summed E-state index contributed by atoms with van der Waals surface area (Å²) < 4.78 is 0. The largest absolute Gasteiger partial charge is 0.380 e. The van der Waals surface area contributed by atoms with Gasteiger partial charge in [-0.1, -0.05) is 18.9 Å². The van der Waals surface area contributed by atoms with Crippen LogP contribution in [-0.4, -0.2) is 4.98 Å². The fourth-order valence-electron chi connectivity index (χ4n) is 1.50. The molecule has 1 aromatic heterocycles. The molecule has 1 aromatic carbocycles. The van der Waals surface area contributed by atoms with Crippen LogP contribution in [0.15, 0.2) is 30.5 Å². The Balaban J connectivity index is 1.99. The number of anilines is 1. The van der Waals surface area contributed by atoms with Crippen molar-refractivity contribution in [3.8, 4) is 12.3 Å². The molecule has 0 amide bonds. The maximum atomic E-state index is 5.36. The second-order valence-electron chi connectivity index (χ2n) is 3.65. The van der Waals surface area contributed by atoms with Gasteiger partial charge < -0.3 is 5.32 Å². The monoisotopic (exact) mass is 242 g/mol. The van der Waals surface area contributed by atoms with Crippen LogP contribution < -0.4 is 5.32 Å². The number of nitrogens with one attached hydrogen (secondary N) is 1. The average molecular weight is 242 g/mol. The van der Waals surface area contributed by atoms with Crippen LogP contribution in [0.1, 0.15) is 22.4 Å². The van der Waals surface area contributed by atoms with Gasteiger partial charge in [-0.25, -0.2) is 4.98 Å². The third kappa shape index (κ3) is 3.08. The van der Waals surface area contributed by atoms with E-state index in [1.165, 1.54) is 9.88 Å². The van der Waals surface area contributed by atoms with Gasteiger partial charge in [-0.2, -0.15) is 0 Å². The first-order valence-corrected chi connectivity index (χ1v) is 6.37. The quantitative estimate of drug-likeness (QED) is 0.832. The molecule has 2 nitrogen and oxygen atoms in total. The highest BCUT2D eigenvalue weighted by atomic mass is 32.1. The van der Waals surface area contributed by atoms with E-state index in [9.17, 15) is 0 Å². The molecule has 0 aliphatic rings. The Hall–Kier alpha value is -1.79. The Morgan fingerprint density at radius 1 is 1.47 bits per heavy atom. The normalized spacial score (nSPS) is 9.88. The zero-order valence-electron chi connectivity index (χ0n) is 9.73. The van der Waals surface area contributed by atoms with Gasteiger partial charge in [-0.3, -0.25) is 0 Å². The summed E-state index contributed by atoms with van der Waals surface area (Å²) >= 11 is 1.75. The predicted octanol–water partition coefficient (Wildman–Crippen LogP) is 3.30. The number of nitrogens with zero attached hydrogens (tertiary/aromatic N) is 1. The lowest BCUT2D eigenvalue weighted by Crippen LogP contribution is -1.97. The molecule has 1 heterocycles. The molecule has 0 unspecified atom stereocenters. The number of hydrogen-bond donors (Lipinski definition) is 1. The first kappa shape index (κ1) is 11.7. The van der Waals surface area contributed by atoms with E-state index >= 15 is 0 Å². The van der Waals surface area contributed by atoms with Crippen LogP contribution in [0.4, 0.5) is 5.69 Å². The minimum absolute atomic E-state index is 0.797. The molecule has 0 aliphatic carbocycles. The maximum Gasteiger partial charge on any atom is 0.0925 e. The van der Waals surface area contributed by atoms with Gasteiger partial charge in [-0.05, 0) is 24.6 Å². The Morgan fingerprint density at radius 3 is 3.06 bits per heavy atom. The van der Waals surface area contributed by atoms with Crippen molar-refractivity contribution in [2.75, 3.05) is 5.32 Å². The molecule has 17 heavy (non-hydrogen) atoms. The minimum Gasteiger partial charge on any atom is -0.380 e. The van der Waals surface area contributed by atoms with E-state index in [0.29, 0.717) is 0 Å². The molecular weight excluding hydrogens is 228 g/mol. The van der Waals surface area contributed by atoms with Crippen molar-refractivity contribution in [3.05, 3.63) is 45.9 Å². The predicted molar refractivity (Wildman–Crippen MR) is 73.2 cm³/mol. The fraction of sp³-hybridized carbons (Fsp3) is 0.214. The van der Waals surface area contributed by atoms with E-state index < -0.39 is 0 Å². The van der Waals surface area contributed by atoms with Gasteiger partial charge in [0.05, 0.1) is 11.6 Å². The summed E-state index contributed by atoms with van der Waals surface area (Å²) in [5.41, 5.74) is 1.94. The summed E-state index contributed by atoms with van der Waals surface area (Å²) in [6.07, 6.45) is 8.29. The molecule has 1 N–H and O–H groups in total. The van der Waals surface area contributed by atoms with E-state index in [1.807, 2.05) is 30.5 Å². The lowest BCUT2D eigenvalue weighted by Gasteiger charge is -2.04. The van der Waals surface area contributed by atoms with E-state index in [0.717, 1.165) is 24.2 Å². The smallest absolute Gasteiger partial charge is 0.0925 e. The number of aromatic nitrogens is 1. The summed E-state index contributed by atoms with van der Waals surface area (Å²) in [6.45, 7) is 2.91. The molecule has 3 heteroatoms. The number of terminal acetylenes is 1. The van der Waals surface area contributed by atoms with Crippen molar-refractivity contribution < 1.29 is 0 Å². The van der Waals surface area contributed by atoms with Crippen LogP contribution in [0.3, 0.4) is 0 Å². The van der Waals surface area contributed by atoms with Gasteiger partial charge >= 0.3 is 0 Å². The highest BCUT2D eigenvalue weighted by Gasteiger charge is 2.00. The SMILES string of the molecule is C#Cc1cccc(NCc2cnc(CC)s2)c1. The van der Waals surface area contributed by atoms with Gasteiger partial charge in [0.25, 0.3) is 0 Å². The standard InChI is InChI=1S/C14H14N2S/c1-3-11-6-5-7-12(8-11)15-9-13-10-16-14(4-2)17-13/h1,5-8,10,15H,4,9H2,2H3.